The van der Waals surface area contributed by atoms with Gasteiger partial charge in [0.2, 0.25) is 6.73 Å². The summed E-state index contributed by atoms with van der Waals surface area (Å²) >= 11 is 0. The molecule has 0 aromatic rings. The molecular formula is C9H18ClNO2. The van der Waals surface area contributed by atoms with Crippen molar-refractivity contribution in [3.8, 4) is 0 Å². The van der Waals surface area contributed by atoms with Crippen LogP contribution in [-0.4, -0.2) is 37.3 Å². The topological polar surface area (TPSA) is 26.3 Å². The smallest absolute Gasteiger partial charge is 0.334 e. The van der Waals surface area contributed by atoms with E-state index in [9.17, 15) is 4.79 Å². The molecule has 0 aliphatic carbocycles. The number of halogens is 1. The van der Waals surface area contributed by atoms with Gasteiger partial charge < -0.3 is 17.1 Å². The number of hydrogen-bond acceptors (Lipinski definition) is 2. The molecule has 0 aromatic carbocycles. The standard InChI is InChI=1S/C9H18NO2.ClH/c1-6-9(11)12-7-10(4,5)8(2)3;/h6,8H,1,7H2,2-5H3;1H/q+1;/p-1. The Labute approximate surface area is 86.4 Å². The van der Waals surface area contributed by atoms with Crippen molar-refractivity contribution < 1.29 is 26.4 Å². The summed E-state index contributed by atoms with van der Waals surface area (Å²) in [5.74, 6) is -0.359. The fraction of sp³-hybridized carbons (Fsp3) is 0.667. The number of quaternary nitrogens is 1. The number of esters is 1. The Balaban J connectivity index is 0. The van der Waals surface area contributed by atoms with Crippen molar-refractivity contribution in [3.63, 3.8) is 0 Å². The van der Waals surface area contributed by atoms with Crippen LogP contribution in [0.4, 0.5) is 0 Å². The zero-order valence-corrected chi connectivity index (χ0v) is 9.47. The largest absolute Gasteiger partial charge is 1.00 e. The number of carbonyl (C=O) groups excluding carboxylic acids is 1. The normalized spacial score (nSPS) is 10.5. The lowest BCUT2D eigenvalue weighted by Gasteiger charge is -2.32. The highest BCUT2D eigenvalue weighted by molar-refractivity contribution is 5.81. The Morgan fingerprint density at radius 2 is 2.00 bits per heavy atom. The van der Waals surface area contributed by atoms with Gasteiger partial charge in [0.1, 0.15) is 0 Å². The van der Waals surface area contributed by atoms with Gasteiger partial charge in [0.15, 0.2) is 0 Å². The molecule has 4 heteroatoms. The van der Waals surface area contributed by atoms with Gasteiger partial charge in [-0.3, -0.25) is 4.48 Å². The van der Waals surface area contributed by atoms with Crippen molar-refractivity contribution in [2.24, 2.45) is 0 Å². The van der Waals surface area contributed by atoms with Crippen molar-refractivity contribution in [1.29, 1.82) is 0 Å². The quantitative estimate of drug-likeness (QED) is 0.235. The lowest BCUT2D eigenvalue weighted by atomic mass is 10.3. The van der Waals surface area contributed by atoms with Gasteiger partial charge in [-0.05, 0) is 13.8 Å². The van der Waals surface area contributed by atoms with Crippen LogP contribution in [0.25, 0.3) is 0 Å². The first-order chi connectivity index (χ1) is 5.40. The van der Waals surface area contributed by atoms with Crippen LogP contribution in [0.3, 0.4) is 0 Å². The van der Waals surface area contributed by atoms with Crippen LogP contribution in [0, 0.1) is 0 Å². The second-order valence-corrected chi connectivity index (χ2v) is 3.67. The maximum absolute atomic E-state index is 10.7. The number of ether oxygens (including phenoxy) is 1. The molecule has 0 radical (unpaired) electrons. The summed E-state index contributed by atoms with van der Waals surface area (Å²) in [6.45, 7) is 7.89. The van der Waals surface area contributed by atoms with E-state index in [0.29, 0.717) is 17.3 Å². The van der Waals surface area contributed by atoms with Crippen LogP contribution in [0.1, 0.15) is 13.8 Å². The molecule has 78 valence electrons. The summed E-state index contributed by atoms with van der Waals surface area (Å²) in [6, 6.07) is 0.433. The zero-order valence-electron chi connectivity index (χ0n) is 8.71. The Morgan fingerprint density at radius 1 is 1.54 bits per heavy atom. The molecule has 0 aliphatic heterocycles. The lowest BCUT2D eigenvalue weighted by Crippen LogP contribution is -3.00. The Bertz CT molecular complexity index is 178. The maximum atomic E-state index is 10.7. The van der Waals surface area contributed by atoms with Gasteiger partial charge in [-0.1, -0.05) is 6.58 Å². The minimum absolute atomic E-state index is 0. The van der Waals surface area contributed by atoms with Gasteiger partial charge in [0.05, 0.1) is 20.1 Å². The summed E-state index contributed by atoms with van der Waals surface area (Å²) in [7, 11) is 4.03. The number of nitrogens with zero attached hydrogens (tertiary/aromatic N) is 1. The van der Waals surface area contributed by atoms with E-state index >= 15 is 0 Å². The van der Waals surface area contributed by atoms with E-state index < -0.39 is 0 Å². The molecule has 0 heterocycles. The predicted octanol–water partition coefficient (Wildman–Crippen LogP) is -1.84. The van der Waals surface area contributed by atoms with Crippen LogP contribution in [0.2, 0.25) is 0 Å². The molecule has 0 aliphatic rings. The third-order valence-electron chi connectivity index (χ3n) is 2.10. The van der Waals surface area contributed by atoms with Crippen LogP contribution >= 0.6 is 0 Å². The van der Waals surface area contributed by atoms with E-state index in [0.717, 1.165) is 0 Å². The van der Waals surface area contributed by atoms with Crippen molar-refractivity contribution >= 4 is 5.97 Å². The van der Waals surface area contributed by atoms with Crippen molar-refractivity contribution in [2.45, 2.75) is 19.9 Å². The molecule has 0 atom stereocenters. The molecule has 3 nitrogen and oxygen atoms in total. The van der Waals surface area contributed by atoms with E-state index in [1.165, 1.54) is 6.08 Å². The second-order valence-electron chi connectivity index (χ2n) is 3.67. The number of hydrogen-bond donors (Lipinski definition) is 0. The highest BCUT2D eigenvalue weighted by atomic mass is 35.5. The highest BCUT2D eigenvalue weighted by Crippen LogP contribution is 2.05. The minimum atomic E-state index is -0.359. The first-order valence-corrected chi connectivity index (χ1v) is 4.02. The Hall–Kier alpha value is -0.540. The van der Waals surface area contributed by atoms with Gasteiger partial charge in [0, 0.05) is 6.08 Å². The van der Waals surface area contributed by atoms with Crippen molar-refractivity contribution in [3.05, 3.63) is 12.7 Å². The van der Waals surface area contributed by atoms with Gasteiger partial charge in [-0.2, -0.15) is 0 Å². The Kier molecular flexibility index (Phi) is 6.90. The lowest BCUT2D eigenvalue weighted by molar-refractivity contribution is -0.927. The number of rotatable bonds is 4. The predicted molar refractivity (Wildman–Crippen MR) is 48.4 cm³/mol. The molecule has 0 bridgehead atoms. The average Bonchev–Trinajstić information content (AvgIpc) is 2.00. The van der Waals surface area contributed by atoms with Crippen LogP contribution in [-0.2, 0) is 9.53 Å². The molecule has 13 heavy (non-hydrogen) atoms. The molecule has 0 rings (SSSR count). The SMILES string of the molecule is C=CC(=O)OC[N+](C)(C)C(C)C.[Cl-]. The minimum Gasteiger partial charge on any atom is -1.00 e. The maximum Gasteiger partial charge on any atom is 0.334 e. The third-order valence-corrected chi connectivity index (χ3v) is 2.10. The highest BCUT2D eigenvalue weighted by Gasteiger charge is 2.20. The summed E-state index contributed by atoms with van der Waals surface area (Å²) in [6.07, 6.45) is 1.18. The number of carbonyl (C=O) groups is 1. The van der Waals surface area contributed by atoms with E-state index in [1.54, 1.807) is 0 Å². The van der Waals surface area contributed by atoms with Crippen LogP contribution in [0.5, 0.6) is 0 Å². The summed E-state index contributed by atoms with van der Waals surface area (Å²) in [4.78, 5) is 10.7. The second kappa shape index (κ2) is 6.00. The summed E-state index contributed by atoms with van der Waals surface area (Å²) in [5, 5.41) is 0. The van der Waals surface area contributed by atoms with Gasteiger partial charge in [0.25, 0.3) is 0 Å². The van der Waals surface area contributed by atoms with Crippen molar-refractivity contribution in [1.82, 2.24) is 0 Å². The van der Waals surface area contributed by atoms with Crippen LogP contribution in [0.15, 0.2) is 12.7 Å². The van der Waals surface area contributed by atoms with Crippen LogP contribution < -0.4 is 12.4 Å². The van der Waals surface area contributed by atoms with E-state index in [4.69, 9.17) is 4.74 Å². The Morgan fingerprint density at radius 3 is 2.31 bits per heavy atom. The molecule has 0 amide bonds. The molecular weight excluding hydrogens is 190 g/mol. The molecule has 0 saturated carbocycles. The van der Waals surface area contributed by atoms with E-state index in [1.807, 2.05) is 14.1 Å². The first-order valence-electron chi connectivity index (χ1n) is 4.02. The molecule has 0 saturated heterocycles. The van der Waals surface area contributed by atoms with E-state index in [2.05, 4.69) is 20.4 Å². The summed E-state index contributed by atoms with van der Waals surface area (Å²) < 4.78 is 5.60. The molecule has 0 unspecified atom stereocenters. The third kappa shape index (κ3) is 5.66. The average molecular weight is 208 g/mol. The fourth-order valence-corrected chi connectivity index (χ4v) is 0.438. The monoisotopic (exact) mass is 207 g/mol. The van der Waals surface area contributed by atoms with Gasteiger partial charge in [-0.25, -0.2) is 4.79 Å². The fourth-order valence-electron chi connectivity index (χ4n) is 0.438. The summed E-state index contributed by atoms with van der Waals surface area (Å²) in [5.41, 5.74) is 0. The van der Waals surface area contributed by atoms with E-state index in [-0.39, 0.29) is 18.4 Å². The molecule has 0 aromatic heterocycles. The first kappa shape index (κ1) is 15.0. The molecule has 0 fully saturated rings. The molecule has 0 N–H and O–H groups in total. The van der Waals surface area contributed by atoms with Crippen molar-refractivity contribution in [2.75, 3.05) is 20.8 Å². The van der Waals surface area contributed by atoms with Gasteiger partial charge >= 0.3 is 5.97 Å². The van der Waals surface area contributed by atoms with Gasteiger partial charge in [-0.15, -0.1) is 0 Å². The zero-order chi connectivity index (χ0) is 9.78. The molecule has 0 spiro atoms.